The lowest BCUT2D eigenvalue weighted by Crippen LogP contribution is -2.30. The van der Waals surface area contributed by atoms with Crippen LogP contribution in [0.1, 0.15) is 19.4 Å². The lowest BCUT2D eigenvalue weighted by Gasteiger charge is -2.21. The molecule has 3 aromatic rings. The number of thiophene rings is 1. The van der Waals surface area contributed by atoms with Crippen LogP contribution in [-0.4, -0.2) is 21.1 Å². The van der Waals surface area contributed by atoms with Gasteiger partial charge < -0.3 is 5.32 Å². The third-order valence-corrected chi connectivity index (χ3v) is 6.39. The molecule has 0 aliphatic rings. The molecule has 0 aliphatic carbocycles. The summed E-state index contributed by atoms with van der Waals surface area (Å²) in [6.07, 6.45) is -3.12. The lowest BCUT2D eigenvalue weighted by atomic mass is 10.1. The molecule has 1 atom stereocenters. The first-order valence-electron chi connectivity index (χ1n) is 8.09. The summed E-state index contributed by atoms with van der Waals surface area (Å²) >= 11 is 2.70. The lowest BCUT2D eigenvalue weighted by molar-refractivity contribution is -0.137. The van der Waals surface area contributed by atoms with Crippen molar-refractivity contribution in [2.45, 2.75) is 30.3 Å². The van der Waals surface area contributed by atoms with Gasteiger partial charge in [0.05, 0.1) is 26.7 Å². The van der Waals surface area contributed by atoms with E-state index in [1.54, 1.807) is 0 Å². The van der Waals surface area contributed by atoms with Crippen molar-refractivity contribution in [1.82, 2.24) is 9.97 Å². The van der Waals surface area contributed by atoms with E-state index in [1.165, 1.54) is 47.6 Å². The highest BCUT2D eigenvalue weighted by molar-refractivity contribution is 8.00. The van der Waals surface area contributed by atoms with Crippen LogP contribution in [0.4, 0.5) is 18.9 Å². The second-order valence-electron chi connectivity index (χ2n) is 6.13. The molecular weight excluding hydrogens is 395 g/mol. The van der Waals surface area contributed by atoms with E-state index in [0.717, 1.165) is 16.3 Å². The molecule has 0 bridgehead atoms. The van der Waals surface area contributed by atoms with Gasteiger partial charge in [0, 0.05) is 0 Å². The molecule has 0 fully saturated rings. The molecule has 1 unspecified atom stereocenters. The van der Waals surface area contributed by atoms with Gasteiger partial charge >= 0.3 is 6.18 Å². The number of carbonyl (C=O) groups excluding carboxylic acids is 1. The maximum atomic E-state index is 13.2. The van der Waals surface area contributed by atoms with Gasteiger partial charge in [-0.3, -0.25) is 4.79 Å². The molecule has 3 rings (SSSR count). The first-order valence-corrected chi connectivity index (χ1v) is 9.85. The standard InChI is InChI=1S/C18H16F3N3OS2/c1-10(2)14(27-17-15-13(7-8-26-15)22-9-23-17)16(25)24-12-6-4-3-5-11(12)18(19,20)21/h3-10,14H,1-2H3,(H,24,25). The van der Waals surface area contributed by atoms with Gasteiger partial charge in [0.1, 0.15) is 11.4 Å². The van der Waals surface area contributed by atoms with Gasteiger partial charge in [-0.2, -0.15) is 13.2 Å². The third-order valence-electron chi connectivity index (χ3n) is 3.80. The largest absolute Gasteiger partial charge is 0.418 e. The maximum Gasteiger partial charge on any atom is 0.418 e. The second-order valence-corrected chi connectivity index (χ2v) is 8.18. The van der Waals surface area contributed by atoms with Crippen LogP contribution in [0, 0.1) is 5.92 Å². The predicted octanol–water partition coefficient (Wildman–Crippen LogP) is 5.47. The second kappa shape index (κ2) is 7.85. The molecule has 2 aromatic heterocycles. The fourth-order valence-corrected chi connectivity index (χ4v) is 4.52. The number of hydrogen-bond acceptors (Lipinski definition) is 5. The van der Waals surface area contributed by atoms with E-state index in [-0.39, 0.29) is 11.6 Å². The van der Waals surface area contributed by atoms with Crippen molar-refractivity contribution >= 4 is 44.9 Å². The summed E-state index contributed by atoms with van der Waals surface area (Å²) in [6.45, 7) is 3.69. The van der Waals surface area contributed by atoms with E-state index < -0.39 is 22.9 Å². The van der Waals surface area contributed by atoms with E-state index in [2.05, 4.69) is 15.3 Å². The number of carbonyl (C=O) groups is 1. The number of anilines is 1. The zero-order valence-corrected chi connectivity index (χ0v) is 16.1. The molecule has 9 heteroatoms. The van der Waals surface area contributed by atoms with E-state index in [1.807, 2.05) is 25.3 Å². The molecule has 0 spiro atoms. The van der Waals surface area contributed by atoms with Crippen molar-refractivity contribution in [3.8, 4) is 0 Å². The maximum absolute atomic E-state index is 13.2. The highest BCUT2D eigenvalue weighted by Crippen LogP contribution is 2.37. The molecule has 27 heavy (non-hydrogen) atoms. The number of para-hydroxylation sites is 1. The molecule has 0 aliphatic heterocycles. The smallest absolute Gasteiger partial charge is 0.325 e. The molecule has 4 nitrogen and oxygen atoms in total. The summed E-state index contributed by atoms with van der Waals surface area (Å²) in [6, 6.07) is 6.82. The Morgan fingerprint density at radius 2 is 1.93 bits per heavy atom. The van der Waals surface area contributed by atoms with E-state index >= 15 is 0 Å². The minimum Gasteiger partial charge on any atom is -0.325 e. The Balaban J connectivity index is 1.86. The van der Waals surface area contributed by atoms with Crippen molar-refractivity contribution in [2.75, 3.05) is 5.32 Å². The first kappa shape index (κ1) is 19.6. The summed E-state index contributed by atoms with van der Waals surface area (Å²) in [7, 11) is 0. The van der Waals surface area contributed by atoms with Crippen LogP contribution in [0.5, 0.6) is 0 Å². The third kappa shape index (κ3) is 4.41. The van der Waals surface area contributed by atoms with Crippen molar-refractivity contribution in [3.05, 3.63) is 47.6 Å². The van der Waals surface area contributed by atoms with Crippen LogP contribution in [0.25, 0.3) is 10.2 Å². The summed E-state index contributed by atoms with van der Waals surface area (Å²) in [5.74, 6) is -0.604. The van der Waals surface area contributed by atoms with E-state index in [9.17, 15) is 18.0 Å². The van der Waals surface area contributed by atoms with Crippen LogP contribution in [-0.2, 0) is 11.0 Å². The SMILES string of the molecule is CC(C)C(Sc1ncnc2ccsc12)C(=O)Nc1ccccc1C(F)(F)F. The number of rotatable bonds is 5. The summed E-state index contributed by atoms with van der Waals surface area (Å²) in [5.41, 5.74) is -0.332. The van der Waals surface area contributed by atoms with Crippen molar-refractivity contribution in [3.63, 3.8) is 0 Å². The molecule has 2 heterocycles. The van der Waals surface area contributed by atoms with Crippen LogP contribution in [0.3, 0.4) is 0 Å². The minimum atomic E-state index is -4.54. The number of alkyl halides is 3. The van der Waals surface area contributed by atoms with Crippen LogP contribution < -0.4 is 5.32 Å². The molecule has 1 N–H and O–H groups in total. The number of nitrogens with one attached hydrogen (secondary N) is 1. The topological polar surface area (TPSA) is 54.9 Å². The fraction of sp³-hybridized carbons (Fsp3) is 0.278. The molecule has 142 valence electrons. The molecular formula is C18H16F3N3OS2. The molecule has 1 aromatic carbocycles. The number of halogens is 3. The van der Waals surface area contributed by atoms with Crippen molar-refractivity contribution in [2.24, 2.45) is 5.92 Å². The number of amides is 1. The molecule has 0 saturated carbocycles. The van der Waals surface area contributed by atoms with E-state index in [4.69, 9.17) is 0 Å². The Morgan fingerprint density at radius 1 is 1.19 bits per heavy atom. The van der Waals surface area contributed by atoms with Gasteiger partial charge in [0.2, 0.25) is 5.91 Å². The zero-order chi connectivity index (χ0) is 19.6. The minimum absolute atomic E-state index is 0.113. The molecule has 0 radical (unpaired) electrons. The average Bonchev–Trinajstić information content (AvgIpc) is 3.08. The Hall–Kier alpha value is -2.13. The molecule has 1 amide bonds. The Labute approximate surface area is 162 Å². The van der Waals surface area contributed by atoms with Crippen LogP contribution in [0.2, 0.25) is 0 Å². The quantitative estimate of drug-likeness (QED) is 0.447. The molecule has 0 saturated heterocycles. The highest BCUT2D eigenvalue weighted by Gasteiger charge is 2.34. The Bertz CT molecular complexity index is 956. The number of aromatic nitrogens is 2. The van der Waals surface area contributed by atoms with Gasteiger partial charge in [-0.15, -0.1) is 11.3 Å². The number of fused-ring (bicyclic) bond motifs is 1. The van der Waals surface area contributed by atoms with Crippen LogP contribution in [0.15, 0.2) is 47.1 Å². The Morgan fingerprint density at radius 3 is 2.63 bits per heavy atom. The van der Waals surface area contributed by atoms with Gasteiger partial charge in [-0.05, 0) is 29.5 Å². The zero-order valence-electron chi connectivity index (χ0n) is 14.4. The van der Waals surface area contributed by atoms with E-state index in [0.29, 0.717) is 5.03 Å². The van der Waals surface area contributed by atoms with Crippen molar-refractivity contribution < 1.29 is 18.0 Å². The van der Waals surface area contributed by atoms with Crippen molar-refractivity contribution in [1.29, 1.82) is 0 Å². The monoisotopic (exact) mass is 411 g/mol. The number of thioether (sulfide) groups is 1. The number of benzene rings is 1. The normalized spacial score (nSPS) is 13.1. The van der Waals surface area contributed by atoms with Gasteiger partial charge in [-0.1, -0.05) is 37.7 Å². The summed E-state index contributed by atoms with van der Waals surface area (Å²) in [5, 5.41) is 4.36. The Kier molecular flexibility index (Phi) is 5.71. The van der Waals surface area contributed by atoms with Crippen LogP contribution >= 0.6 is 23.1 Å². The summed E-state index contributed by atoms with van der Waals surface area (Å²) in [4.78, 5) is 21.2. The van der Waals surface area contributed by atoms with Gasteiger partial charge in [0.15, 0.2) is 0 Å². The number of nitrogens with zero attached hydrogens (tertiary/aromatic N) is 2. The summed E-state index contributed by atoms with van der Waals surface area (Å²) < 4.78 is 40.4. The fourth-order valence-electron chi connectivity index (χ4n) is 2.51. The number of hydrogen-bond donors (Lipinski definition) is 1. The average molecular weight is 411 g/mol. The predicted molar refractivity (Wildman–Crippen MR) is 102 cm³/mol. The van der Waals surface area contributed by atoms with Gasteiger partial charge in [0.25, 0.3) is 0 Å². The highest BCUT2D eigenvalue weighted by atomic mass is 32.2. The first-order chi connectivity index (χ1) is 12.8. The van der Waals surface area contributed by atoms with Gasteiger partial charge in [-0.25, -0.2) is 9.97 Å².